The van der Waals surface area contributed by atoms with Gasteiger partial charge in [0, 0.05) is 24.5 Å². The number of Topliss-reactive ketones (excluding diaryl/α,β-unsaturated/α-hetero) is 1. The normalized spacial score (nSPS) is 17.1. The first-order chi connectivity index (χ1) is 16.4. The van der Waals surface area contributed by atoms with Gasteiger partial charge < -0.3 is 19.5 Å². The second-order valence-electron chi connectivity index (χ2n) is 7.97. The summed E-state index contributed by atoms with van der Waals surface area (Å²) in [5.74, 6) is -0.297. The van der Waals surface area contributed by atoms with Crippen LogP contribution in [0.25, 0.3) is 5.76 Å². The Labute approximate surface area is 198 Å². The molecule has 2 heterocycles. The van der Waals surface area contributed by atoms with E-state index < -0.39 is 17.7 Å². The molecule has 1 atom stereocenters. The molecular formula is C27H26N2O5. The maximum atomic E-state index is 13.2. The molecule has 1 fully saturated rings. The molecule has 1 aromatic heterocycles. The third-order valence-corrected chi connectivity index (χ3v) is 5.81. The summed E-state index contributed by atoms with van der Waals surface area (Å²) in [7, 11) is 1.57. The Balaban J connectivity index is 1.84. The van der Waals surface area contributed by atoms with Gasteiger partial charge in [-0.3, -0.25) is 14.6 Å². The van der Waals surface area contributed by atoms with Gasteiger partial charge >= 0.3 is 0 Å². The highest BCUT2D eigenvalue weighted by molar-refractivity contribution is 6.46. The van der Waals surface area contributed by atoms with Gasteiger partial charge in [-0.2, -0.15) is 0 Å². The van der Waals surface area contributed by atoms with Gasteiger partial charge in [0.25, 0.3) is 11.7 Å². The largest absolute Gasteiger partial charge is 0.507 e. The molecule has 7 nitrogen and oxygen atoms in total. The van der Waals surface area contributed by atoms with E-state index in [9.17, 15) is 14.7 Å². The molecule has 1 N–H and O–H groups in total. The fraction of sp³-hybridized carbons (Fsp3) is 0.222. The van der Waals surface area contributed by atoms with Crippen molar-refractivity contribution in [2.45, 2.75) is 26.4 Å². The standard InChI is InChI=1S/C27H26N2O5/c1-4-34-21-11-12-22(17(2)14-21)25(30)23-24(19-7-9-20(33-3)10-8-19)29(27(32)26(23)31)16-18-6-5-13-28-15-18/h5-15,24,30H,4,16H2,1-3H3/t24-/m1/s1. The summed E-state index contributed by atoms with van der Waals surface area (Å²) in [6.45, 7) is 4.41. The van der Waals surface area contributed by atoms with E-state index in [1.807, 2.05) is 19.9 Å². The highest BCUT2D eigenvalue weighted by Crippen LogP contribution is 2.41. The number of aryl methyl sites for hydroxylation is 1. The van der Waals surface area contributed by atoms with Crippen LogP contribution in [-0.2, 0) is 16.1 Å². The number of aliphatic hydroxyl groups is 1. The Morgan fingerprint density at radius 3 is 2.44 bits per heavy atom. The van der Waals surface area contributed by atoms with Crippen molar-refractivity contribution in [1.29, 1.82) is 0 Å². The fourth-order valence-corrected chi connectivity index (χ4v) is 4.17. The molecule has 1 saturated heterocycles. The van der Waals surface area contributed by atoms with Gasteiger partial charge in [-0.1, -0.05) is 18.2 Å². The van der Waals surface area contributed by atoms with E-state index in [4.69, 9.17) is 9.47 Å². The van der Waals surface area contributed by atoms with Crippen molar-refractivity contribution in [3.05, 3.63) is 94.8 Å². The molecule has 7 heteroatoms. The smallest absolute Gasteiger partial charge is 0.295 e. The van der Waals surface area contributed by atoms with Gasteiger partial charge in [-0.15, -0.1) is 0 Å². The maximum Gasteiger partial charge on any atom is 0.295 e. The van der Waals surface area contributed by atoms with Crippen LogP contribution >= 0.6 is 0 Å². The van der Waals surface area contributed by atoms with Gasteiger partial charge in [-0.25, -0.2) is 0 Å². The van der Waals surface area contributed by atoms with Crippen molar-refractivity contribution >= 4 is 17.4 Å². The second kappa shape index (κ2) is 9.79. The topological polar surface area (TPSA) is 89.0 Å². The average Bonchev–Trinajstić information content (AvgIpc) is 3.09. The van der Waals surface area contributed by atoms with Gasteiger partial charge in [-0.05, 0) is 66.9 Å². The lowest BCUT2D eigenvalue weighted by molar-refractivity contribution is -0.140. The Kier molecular flexibility index (Phi) is 6.63. The second-order valence-corrected chi connectivity index (χ2v) is 7.97. The van der Waals surface area contributed by atoms with Crippen LogP contribution in [0.3, 0.4) is 0 Å². The van der Waals surface area contributed by atoms with Crippen LogP contribution in [-0.4, -0.2) is 40.4 Å². The number of ketones is 1. The van der Waals surface area contributed by atoms with E-state index in [2.05, 4.69) is 4.98 Å². The van der Waals surface area contributed by atoms with Crippen molar-refractivity contribution in [3.8, 4) is 11.5 Å². The first-order valence-electron chi connectivity index (χ1n) is 11.0. The van der Waals surface area contributed by atoms with E-state index in [-0.39, 0.29) is 17.9 Å². The van der Waals surface area contributed by atoms with Crippen LogP contribution in [0.4, 0.5) is 0 Å². The Morgan fingerprint density at radius 2 is 1.82 bits per heavy atom. The van der Waals surface area contributed by atoms with Crippen LogP contribution in [0, 0.1) is 6.92 Å². The number of amides is 1. The third-order valence-electron chi connectivity index (χ3n) is 5.81. The molecule has 34 heavy (non-hydrogen) atoms. The molecule has 0 unspecified atom stereocenters. The zero-order chi connectivity index (χ0) is 24.2. The number of methoxy groups -OCH3 is 1. The average molecular weight is 459 g/mol. The molecule has 1 amide bonds. The zero-order valence-corrected chi connectivity index (χ0v) is 19.3. The molecule has 0 bridgehead atoms. The Hall–Kier alpha value is -4.13. The number of rotatable bonds is 7. The first-order valence-corrected chi connectivity index (χ1v) is 11.0. The summed E-state index contributed by atoms with van der Waals surface area (Å²) in [6.07, 6.45) is 3.30. The number of likely N-dealkylation sites (tertiary alicyclic amines) is 1. The molecule has 2 aromatic carbocycles. The van der Waals surface area contributed by atoms with Crippen LogP contribution in [0.2, 0.25) is 0 Å². The summed E-state index contributed by atoms with van der Waals surface area (Å²) in [6, 6.07) is 15.2. The lowest BCUT2D eigenvalue weighted by Crippen LogP contribution is -2.29. The van der Waals surface area contributed by atoms with Crippen LogP contribution < -0.4 is 9.47 Å². The number of hydrogen-bond donors (Lipinski definition) is 1. The summed E-state index contributed by atoms with van der Waals surface area (Å²) in [5.41, 5.74) is 2.72. The van der Waals surface area contributed by atoms with Gasteiger partial charge in [0.15, 0.2) is 0 Å². The Bertz CT molecular complexity index is 1240. The number of carbonyl (C=O) groups excluding carboxylic acids is 2. The molecule has 174 valence electrons. The minimum absolute atomic E-state index is 0.0475. The minimum atomic E-state index is -0.767. The predicted molar refractivity (Wildman–Crippen MR) is 127 cm³/mol. The van der Waals surface area contributed by atoms with E-state index in [1.165, 1.54) is 4.90 Å². The summed E-state index contributed by atoms with van der Waals surface area (Å²) >= 11 is 0. The van der Waals surface area contributed by atoms with Gasteiger partial charge in [0.2, 0.25) is 0 Å². The molecular weight excluding hydrogens is 432 g/mol. The van der Waals surface area contributed by atoms with Crippen molar-refractivity contribution in [3.63, 3.8) is 0 Å². The van der Waals surface area contributed by atoms with Crippen molar-refractivity contribution in [1.82, 2.24) is 9.88 Å². The highest BCUT2D eigenvalue weighted by Gasteiger charge is 2.46. The highest BCUT2D eigenvalue weighted by atomic mass is 16.5. The molecule has 3 aromatic rings. The Morgan fingerprint density at radius 1 is 1.09 bits per heavy atom. The molecule has 1 aliphatic rings. The summed E-state index contributed by atoms with van der Waals surface area (Å²) < 4.78 is 10.8. The minimum Gasteiger partial charge on any atom is -0.507 e. The van der Waals surface area contributed by atoms with Gasteiger partial charge in [0.1, 0.15) is 17.3 Å². The quantitative estimate of drug-likeness (QED) is 0.320. The van der Waals surface area contributed by atoms with Crippen molar-refractivity contribution < 1.29 is 24.2 Å². The number of hydrogen-bond acceptors (Lipinski definition) is 6. The predicted octanol–water partition coefficient (Wildman–Crippen LogP) is 4.42. The summed E-state index contributed by atoms with van der Waals surface area (Å²) in [5, 5.41) is 11.3. The molecule has 0 radical (unpaired) electrons. The van der Waals surface area contributed by atoms with E-state index in [0.717, 1.165) is 11.1 Å². The molecule has 0 spiro atoms. The fourth-order valence-electron chi connectivity index (χ4n) is 4.17. The number of aliphatic hydroxyl groups excluding tert-OH is 1. The lowest BCUT2D eigenvalue weighted by atomic mass is 9.93. The molecule has 4 rings (SSSR count). The number of pyridine rings is 1. The first kappa shape index (κ1) is 23.0. The van der Waals surface area contributed by atoms with Crippen LogP contribution in [0.1, 0.15) is 35.2 Å². The van der Waals surface area contributed by atoms with Crippen LogP contribution in [0.5, 0.6) is 11.5 Å². The maximum absolute atomic E-state index is 13.2. The van der Waals surface area contributed by atoms with Crippen molar-refractivity contribution in [2.75, 3.05) is 13.7 Å². The molecule has 0 saturated carbocycles. The van der Waals surface area contributed by atoms with Gasteiger partial charge in [0.05, 0.1) is 25.3 Å². The van der Waals surface area contributed by atoms with E-state index >= 15 is 0 Å². The summed E-state index contributed by atoms with van der Waals surface area (Å²) in [4.78, 5) is 32.0. The zero-order valence-electron chi connectivity index (χ0n) is 19.3. The lowest BCUT2D eigenvalue weighted by Gasteiger charge is -2.25. The van der Waals surface area contributed by atoms with Crippen LogP contribution in [0.15, 0.2) is 72.6 Å². The number of nitrogens with zero attached hydrogens (tertiary/aromatic N) is 2. The SMILES string of the molecule is CCOc1ccc(C(O)=C2C(=O)C(=O)N(Cc3cccnc3)[C@@H]2c2ccc(OC)cc2)c(C)c1. The number of ether oxygens (including phenoxy) is 2. The van der Waals surface area contributed by atoms with Crippen molar-refractivity contribution in [2.24, 2.45) is 0 Å². The monoisotopic (exact) mass is 458 g/mol. The third kappa shape index (κ3) is 4.37. The molecule has 1 aliphatic heterocycles. The number of benzene rings is 2. The number of aromatic nitrogens is 1. The van der Waals surface area contributed by atoms with E-state index in [0.29, 0.717) is 29.2 Å². The number of carbonyl (C=O) groups is 2. The molecule has 0 aliphatic carbocycles. The van der Waals surface area contributed by atoms with E-state index in [1.54, 1.807) is 68.0 Å².